The molecule has 0 aromatic heterocycles. The van der Waals surface area contributed by atoms with E-state index in [1.54, 1.807) is 0 Å². The molecule has 0 amide bonds. The molecular weight excluding hydrogens is 687 g/mol. The summed E-state index contributed by atoms with van der Waals surface area (Å²) in [5.74, 6) is 0. The molecule has 1 heterocycles. The zero-order chi connectivity index (χ0) is 38.4. The third-order valence-electron chi connectivity index (χ3n) is 10.8. The summed E-state index contributed by atoms with van der Waals surface area (Å²) in [5.41, 5.74) is 20.9. The Morgan fingerprint density at radius 3 is 1.49 bits per heavy atom. The van der Waals surface area contributed by atoms with Crippen LogP contribution in [-0.4, -0.2) is 4.70 Å². The molecular formula is C50H82N2Ni. The van der Waals surface area contributed by atoms with E-state index in [1.165, 1.54) is 179 Å². The van der Waals surface area contributed by atoms with Crippen molar-refractivity contribution >= 4 is 11.4 Å². The van der Waals surface area contributed by atoms with Crippen molar-refractivity contribution in [2.45, 2.75) is 219 Å². The third-order valence-corrected chi connectivity index (χ3v) is 12.2. The molecule has 2 nitrogen and oxygen atoms in total. The first-order chi connectivity index (χ1) is 26.0. The first-order valence-electron chi connectivity index (χ1n) is 22.6. The third kappa shape index (κ3) is 19.4. The zero-order valence-electron chi connectivity index (χ0n) is 35.6. The van der Waals surface area contributed by atoms with Crippen LogP contribution in [0, 0.1) is 0 Å². The molecule has 0 atom stereocenters. The molecule has 1 aliphatic heterocycles. The number of aryl methyl sites for hydroxylation is 2. The number of unbranched alkanes of at least 4 members (excludes halogenated alkanes) is 18. The van der Waals surface area contributed by atoms with E-state index in [2.05, 4.69) is 90.1 Å². The second-order valence-electron chi connectivity index (χ2n) is 15.6. The fourth-order valence-corrected chi connectivity index (χ4v) is 8.60. The van der Waals surface area contributed by atoms with Gasteiger partial charge in [-0.2, -0.15) is 0 Å². The van der Waals surface area contributed by atoms with Gasteiger partial charge in [0.15, 0.2) is 0 Å². The maximum atomic E-state index is 11.5. The molecule has 3 heteroatoms. The van der Waals surface area contributed by atoms with E-state index in [4.69, 9.17) is 0 Å². The van der Waals surface area contributed by atoms with Crippen LogP contribution in [0.1, 0.15) is 218 Å². The van der Waals surface area contributed by atoms with Gasteiger partial charge in [0.05, 0.1) is 0 Å². The summed E-state index contributed by atoms with van der Waals surface area (Å²) in [5, 5.41) is 2.85. The molecule has 2 aromatic rings. The van der Waals surface area contributed by atoms with Crippen molar-refractivity contribution in [1.29, 1.82) is 0 Å². The van der Waals surface area contributed by atoms with Crippen LogP contribution < -0.4 is 0 Å². The van der Waals surface area contributed by atoms with Gasteiger partial charge in [-0.3, -0.25) is 0 Å². The minimum Gasteiger partial charge on any atom is -0.493 e. The van der Waals surface area contributed by atoms with E-state index in [1.807, 2.05) is 14.4 Å². The average Bonchev–Trinajstić information content (AvgIpc) is 3.42. The Kier molecular flexibility index (Phi) is 27.8. The molecule has 2 aromatic carbocycles. The Labute approximate surface area is 335 Å². The van der Waals surface area contributed by atoms with Gasteiger partial charge in [-0.05, 0) is 80.8 Å². The van der Waals surface area contributed by atoms with Crippen LogP contribution in [0.5, 0.6) is 0 Å². The topological polar surface area (TPSA) is 25.3 Å². The maximum absolute atomic E-state index is 11.5. The minimum atomic E-state index is 0.942. The molecule has 0 N–H and O–H groups in total. The molecule has 302 valence electrons. The van der Waals surface area contributed by atoms with Gasteiger partial charge >= 0.3 is 129 Å². The summed E-state index contributed by atoms with van der Waals surface area (Å²) in [4.78, 5) is 0. The largest absolute Gasteiger partial charge is 0.493 e. The van der Waals surface area contributed by atoms with Gasteiger partial charge in [0, 0.05) is 22.3 Å². The van der Waals surface area contributed by atoms with Gasteiger partial charge in [-0.15, -0.1) is 0 Å². The van der Waals surface area contributed by atoms with Gasteiger partial charge in [-0.1, -0.05) is 83.6 Å². The second-order valence-corrected chi connectivity index (χ2v) is 17.1. The van der Waals surface area contributed by atoms with Crippen LogP contribution in [0.4, 0.5) is 0 Å². The van der Waals surface area contributed by atoms with E-state index < -0.39 is 0 Å². The number of hydrogen-bond donors (Lipinski definition) is 0. The molecule has 1 aliphatic rings. The normalized spacial score (nSPS) is 13.0. The van der Waals surface area contributed by atoms with Gasteiger partial charge < -0.3 is 5.53 Å². The number of nitrogens with zero attached hydrogens (tertiary/aromatic N) is 2. The zero-order valence-corrected chi connectivity index (χ0v) is 36.6. The summed E-state index contributed by atoms with van der Waals surface area (Å²) < 4.78 is 1.48. The van der Waals surface area contributed by atoms with Crippen LogP contribution in [0.2, 0.25) is 10.8 Å². The Hall–Kier alpha value is -1.99. The quantitative estimate of drug-likeness (QED) is 0.0430. The molecule has 0 aliphatic carbocycles. The summed E-state index contributed by atoms with van der Waals surface area (Å²) in [6, 6.07) is 17.7. The summed E-state index contributed by atoms with van der Waals surface area (Å²) in [6.45, 7) is 13.5. The predicted molar refractivity (Wildman–Crippen MR) is 232 cm³/mol. The number of benzene rings is 2. The standard InChI is InChI=1S/C32H44N2.2C9H19.Ni/c1-5-8-11-13-16-27-17-14-18-29(24-27)32-30(19-12-9-6-2)25(4)31(34(32)33)28-22-20-26(21-23-28)15-10-7-3;2*1-3-5-7-9-8-6-4-2;/h14,17-18,20-24H,5-13,15-16,19H2,1-4H3;2*1,3-9H2,2H3;. The van der Waals surface area contributed by atoms with Crippen LogP contribution in [0.25, 0.3) is 16.9 Å². The first kappa shape index (κ1) is 47.2. The number of allylic oxidation sites excluding steroid dienone is 2. The van der Waals surface area contributed by atoms with Crippen LogP contribution in [0.15, 0.2) is 59.7 Å². The van der Waals surface area contributed by atoms with E-state index in [9.17, 15) is 5.53 Å². The monoisotopic (exact) mass is 769 g/mol. The van der Waals surface area contributed by atoms with Gasteiger partial charge in [0.25, 0.3) is 0 Å². The molecule has 0 fully saturated rings. The van der Waals surface area contributed by atoms with E-state index in [0.29, 0.717) is 0 Å². The van der Waals surface area contributed by atoms with Gasteiger partial charge in [0.2, 0.25) is 11.4 Å². The van der Waals surface area contributed by atoms with Crippen molar-refractivity contribution in [3.05, 3.63) is 87.5 Å². The molecule has 0 bridgehead atoms. The average molecular weight is 770 g/mol. The predicted octanol–water partition coefficient (Wildman–Crippen LogP) is 17.3. The van der Waals surface area contributed by atoms with Gasteiger partial charge in [-0.25, -0.2) is 4.70 Å². The van der Waals surface area contributed by atoms with Crippen molar-refractivity contribution in [2.75, 3.05) is 0 Å². The van der Waals surface area contributed by atoms with E-state index in [-0.39, 0.29) is 0 Å². The number of rotatable bonds is 30. The summed E-state index contributed by atoms with van der Waals surface area (Å²) >= 11 is 2.01. The Bertz CT molecular complexity index is 1270. The van der Waals surface area contributed by atoms with Crippen molar-refractivity contribution in [3.8, 4) is 0 Å². The Morgan fingerprint density at radius 2 is 0.925 bits per heavy atom. The Morgan fingerprint density at radius 1 is 0.453 bits per heavy atom. The summed E-state index contributed by atoms with van der Waals surface area (Å²) in [6.07, 6.45) is 34.6. The van der Waals surface area contributed by atoms with Crippen LogP contribution in [-0.2, 0) is 27.3 Å². The fraction of sp³-hybridized carbons (Fsp3) is 0.680. The minimum absolute atomic E-state index is 0.942. The smallest absolute Gasteiger partial charge is 0.211 e. The second kappa shape index (κ2) is 31.2. The van der Waals surface area contributed by atoms with Crippen LogP contribution >= 0.6 is 0 Å². The fourth-order valence-electron chi connectivity index (χ4n) is 7.36. The molecule has 53 heavy (non-hydrogen) atoms. The number of hydrogen-bond acceptors (Lipinski definition) is 0. The summed E-state index contributed by atoms with van der Waals surface area (Å²) in [7, 11) is 0. The van der Waals surface area contributed by atoms with Crippen molar-refractivity contribution in [3.63, 3.8) is 0 Å². The van der Waals surface area contributed by atoms with Crippen molar-refractivity contribution < 1.29 is 19.1 Å². The maximum Gasteiger partial charge on any atom is 0.211 e. The van der Waals surface area contributed by atoms with E-state index in [0.717, 1.165) is 48.2 Å². The van der Waals surface area contributed by atoms with Crippen molar-refractivity contribution in [1.82, 2.24) is 0 Å². The molecule has 0 saturated heterocycles. The van der Waals surface area contributed by atoms with Crippen LogP contribution in [0.3, 0.4) is 0 Å². The van der Waals surface area contributed by atoms with Gasteiger partial charge in [0.1, 0.15) is 0 Å². The molecule has 0 spiro atoms. The van der Waals surface area contributed by atoms with Crippen molar-refractivity contribution in [2.24, 2.45) is 0 Å². The molecule has 3 rings (SSSR count). The Balaban J connectivity index is 0.000000436. The first-order valence-corrected chi connectivity index (χ1v) is 24.0. The molecule has 0 unspecified atom stereocenters. The molecule has 0 radical (unpaired) electrons. The SMILES string of the molecule is CCCCCCCC[CH2][Ni][CH2]CCCCCCCC.CCCCCCc1cccc(C2=C(CCCCC)C(C)=C(c3ccc(CCCC)cc3)[N+]2=[N-])c1. The molecule has 0 saturated carbocycles. The van der Waals surface area contributed by atoms with E-state index >= 15 is 0 Å².